The molecule has 34 heavy (non-hydrogen) atoms. The molecule has 0 aromatic heterocycles. The number of aliphatic hydroxyl groups is 1. The van der Waals surface area contributed by atoms with Gasteiger partial charge in [-0.15, -0.1) is 0 Å². The van der Waals surface area contributed by atoms with Crippen molar-refractivity contribution in [3.63, 3.8) is 0 Å². The van der Waals surface area contributed by atoms with Crippen molar-refractivity contribution in [3.05, 3.63) is 52.0 Å². The molecule has 9 nitrogen and oxygen atoms in total. The highest BCUT2D eigenvalue weighted by Gasteiger charge is 2.71. The van der Waals surface area contributed by atoms with Gasteiger partial charge in [0.1, 0.15) is 5.54 Å². The van der Waals surface area contributed by atoms with Gasteiger partial charge in [0.25, 0.3) is 0 Å². The van der Waals surface area contributed by atoms with Gasteiger partial charge in [-0.1, -0.05) is 23.7 Å². The van der Waals surface area contributed by atoms with Gasteiger partial charge in [-0.3, -0.25) is 24.6 Å². The van der Waals surface area contributed by atoms with Gasteiger partial charge in [0.05, 0.1) is 30.2 Å². The molecule has 5 atom stereocenters. The van der Waals surface area contributed by atoms with Crippen LogP contribution in [0.2, 0.25) is 5.02 Å². The van der Waals surface area contributed by atoms with Crippen LogP contribution in [0.5, 0.6) is 11.5 Å². The van der Waals surface area contributed by atoms with E-state index in [1.54, 1.807) is 44.2 Å². The van der Waals surface area contributed by atoms with Gasteiger partial charge in [-0.2, -0.15) is 0 Å². The minimum atomic E-state index is -1.48. The molecule has 3 N–H and O–H groups in total. The summed E-state index contributed by atoms with van der Waals surface area (Å²) < 4.78 is 10.7. The molecule has 4 aliphatic rings. The molecule has 1 spiro atoms. The maximum atomic E-state index is 13.8. The summed E-state index contributed by atoms with van der Waals surface area (Å²) in [7, 11) is 0. The van der Waals surface area contributed by atoms with Crippen molar-refractivity contribution in [2.75, 3.05) is 12.1 Å². The van der Waals surface area contributed by atoms with E-state index in [1.165, 1.54) is 4.90 Å². The smallest absolute Gasteiger partial charge is 0.250 e. The maximum absolute atomic E-state index is 13.8. The van der Waals surface area contributed by atoms with Gasteiger partial charge >= 0.3 is 0 Å². The third-order valence-electron chi connectivity index (χ3n) is 7.41. The fourth-order valence-electron chi connectivity index (χ4n) is 5.77. The Kier molecular flexibility index (Phi) is 4.52. The van der Waals surface area contributed by atoms with Crippen molar-refractivity contribution in [3.8, 4) is 11.5 Å². The Morgan fingerprint density at radius 1 is 1.18 bits per heavy atom. The molecule has 0 radical (unpaired) electrons. The first-order valence-corrected chi connectivity index (χ1v) is 11.4. The summed E-state index contributed by atoms with van der Waals surface area (Å²) in [5.41, 5.74) is 0.985. The molecule has 2 aromatic carbocycles. The zero-order chi connectivity index (χ0) is 23.9. The second-order valence-corrected chi connectivity index (χ2v) is 9.63. The summed E-state index contributed by atoms with van der Waals surface area (Å²) in [5.74, 6) is -2.06. The SMILES string of the molecule is Cc1c(Cl)ccc2c1NC(=O)[C@@]21N[C@@H]([C@@H](C)O)[C@H]2C(=O)N(Cc3ccc4c(c3)OCO4)C(=O)[C@@H]21. The van der Waals surface area contributed by atoms with E-state index >= 15 is 0 Å². The number of hydrogen-bond acceptors (Lipinski definition) is 7. The van der Waals surface area contributed by atoms with Gasteiger partial charge < -0.3 is 19.9 Å². The number of fused-ring (bicyclic) bond motifs is 5. The van der Waals surface area contributed by atoms with Crippen molar-refractivity contribution >= 4 is 35.0 Å². The number of nitrogens with zero attached hydrogens (tertiary/aromatic N) is 1. The number of benzene rings is 2. The van der Waals surface area contributed by atoms with Crippen LogP contribution in [-0.4, -0.2) is 46.7 Å². The monoisotopic (exact) mass is 483 g/mol. The molecule has 2 aromatic rings. The van der Waals surface area contributed by atoms with Crippen molar-refractivity contribution in [1.82, 2.24) is 10.2 Å². The number of halogens is 1. The molecule has 2 saturated heterocycles. The van der Waals surface area contributed by atoms with E-state index in [2.05, 4.69) is 10.6 Å². The summed E-state index contributed by atoms with van der Waals surface area (Å²) >= 11 is 6.27. The van der Waals surface area contributed by atoms with Crippen LogP contribution in [0.25, 0.3) is 0 Å². The Morgan fingerprint density at radius 3 is 2.71 bits per heavy atom. The summed E-state index contributed by atoms with van der Waals surface area (Å²) in [5, 5.41) is 17.1. The van der Waals surface area contributed by atoms with E-state index in [-0.39, 0.29) is 13.3 Å². The molecule has 4 heterocycles. The Labute approximate surface area is 200 Å². The number of rotatable bonds is 3. The van der Waals surface area contributed by atoms with E-state index in [0.29, 0.717) is 38.9 Å². The number of aliphatic hydroxyl groups excluding tert-OH is 1. The highest BCUT2D eigenvalue weighted by molar-refractivity contribution is 6.32. The van der Waals surface area contributed by atoms with Gasteiger partial charge in [-0.25, -0.2) is 0 Å². The first kappa shape index (κ1) is 21.4. The molecule has 4 aliphatic heterocycles. The number of imide groups is 1. The quantitative estimate of drug-likeness (QED) is 0.568. The van der Waals surface area contributed by atoms with Crippen molar-refractivity contribution in [2.45, 2.75) is 38.1 Å². The predicted octanol–water partition coefficient (Wildman–Crippen LogP) is 1.68. The molecule has 0 bridgehead atoms. The van der Waals surface area contributed by atoms with Crippen LogP contribution in [0.15, 0.2) is 30.3 Å². The molecule has 0 saturated carbocycles. The van der Waals surface area contributed by atoms with Gasteiger partial charge in [-0.05, 0) is 43.2 Å². The van der Waals surface area contributed by atoms with E-state index in [1.807, 2.05) is 0 Å². The number of likely N-dealkylation sites (tertiary alicyclic amines) is 1. The number of anilines is 1. The van der Waals surface area contributed by atoms with Gasteiger partial charge in [0.15, 0.2) is 11.5 Å². The predicted molar refractivity (Wildman–Crippen MR) is 120 cm³/mol. The summed E-state index contributed by atoms with van der Waals surface area (Å²) in [6.07, 6.45) is -0.973. The number of carbonyl (C=O) groups excluding carboxylic acids is 3. The summed E-state index contributed by atoms with van der Waals surface area (Å²) in [4.78, 5) is 42.0. The minimum absolute atomic E-state index is 0.0258. The highest BCUT2D eigenvalue weighted by atomic mass is 35.5. The van der Waals surface area contributed by atoms with Crippen LogP contribution in [0.3, 0.4) is 0 Å². The lowest BCUT2D eigenvalue weighted by atomic mass is 9.76. The average molecular weight is 484 g/mol. The fourth-order valence-corrected chi connectivity index (χ4v) is 5.93. The standard InChI is InChI=1S/C24H22ClN3O6/c1-10-14(25)5-4-13-19(10)26-23(32)24(13)18-17(20(27-24)11(2)29)21(30)28(22(18)31)8-12-3-6-15-16(7-12)34-9-33-15/h3-7,11,17-18,20,27,29H,8-9H2,1-2H3,(H,26,32)/t11-,17+,18-,20+,24-/m1/s1. The average Bonchev–Trinajstić information content (AvgIpc) is 3.53. The van der Waals surface area contributed by atoms with Crippen LogP contribution in [0.1, 0.15) is 23.6 Å². The number of carbonyl (C=O) groups is 3. The Morgan fingerprint density at radius 2 is 1.94 bits per heavy atom. The van der Waals surface area contributed by atoms with E-state index in [9.17, 15) is 19.5 Å². The third kappa shape index (κ3) is 2.65. The number of ether oxygens (including phenoxy) is 2. The molecule has 0 unspecified atom stereocenters. The third-order valence-corrected chi connectivity index (χ3v) is 7.82. The second-order valence-electron chi connectivity index (χ2n) is 9.22. The van der Waals surface area contributed by atoms with Crippen LogP contribution in [0, 0.1) is 18.8 Å². The number of nitrogens with one attached hydrogen (secondary N) is 2. The summed E-state index contributed by atoms with van der Waals surface area (Å²) in [6, 6.07) is 7.84. The van der Waals surface area contributed by atoms with Crippen molar-refractivity contribution in [1.29, 1.82) is 0 Å². The summed E-state index contributed by atoms with van der Waals surface area (Å²) in [6.45, 7) is 3.48. The first-order chi connectivity index (χ1) is 16.2. The molecular weight excluding hydrogens is 462 g/mol. The molecule has 176 valence electrons. The molecular formula is C24H22ClN3O6. The maximum Gasteiger partial charge on any atom is 0.250 e. The Hall–Kier alpha value is -3.14. The van der Waals surface area contributed by atoms with E-state index < -0.39 is 47.2 Å². The number of amides is 3. The highest BCUT2D eigenvalue weighted by Crippen LogP contribution is 2.54. The Bertz CT molecular complexity index is 1280. The lowest BCUT2D eigenvalue weighted by Crippen LogP contribution is -2.54. The molecule has 3 amide bonds. The van der Waals surface area contributed by atoms with E-state index in [4.69, 9.17) is 21.1 Å². The first-order valence-electron chi connectivity index (χ1n) is 11.0. The molecule has 6 rings (SSSR count). The topological polar surface area (TPSA) is 117 Å². The Balaban J connectivity index is 1.43. The van der Waals surface area contributed by atoms with Gasteiger partial charge in [0, 0.05) is 16.6 Å². The minimum Gasteiger partial charge on any atom is -0.454 e. The van der Waals surface area contributed by atoms with Gasteiger partial charge in [0.2, 0.25) is 24.5 Å². The normalized spacial score (nSPS) is 29.6. The van der Waals surface area contributed by atoms with Crippen LogP contribution in [-0.2, 0) is 26.5 Å². The van der Waals surface area contributed by atoms with Crippen molar-refractivity contribution < 1.29 is 29.0 Å². The lowest BCUT2D eigenvalue weighted by Gasteiger charge is -2.30. The molecule has 10 heteroatoms. The zero-order valence-corrected chi connectivity index (χ0v) is 19.2. The van der Waals surface area contributed by atoms with Crippen LogP contribution >= 0.6 is 11.6 Å². The lowest BCUT2D eigenvalue weighted by molar-refractivity contribution is -0.143. The van der Waals surface area contributed by atoms with Crippen LogP contribution in [0.4, 0.5) is 5.69 Å². The zero-order valence-electron chi connectivity index (χ0n) is 18.4. The van der Waals surface area contributed by atoms with E-state index in [0.717, 1.165) is 0 Å². The fraction of sp³-hybridized carbons (Fsp3) is 0.375. The van der Waals surface area contributed by atoms with Crippen LogP contribution < -0.4 is 20.1 Å². The largest absolute Gasteiger partial charge is 0.454 e. The molecule has 0 aliphatic carbocycles. The molecule has 2 fully saturated rings. The number of hydrogen-bond donors (Lipinski definition) is 3. The van der Waals surface area contributed by atoms with Crippen molar-refractivity contribution in [2.24, 2.45) is 11.8 Å². The second kappa shape index (κ2) is 7.18.